The molecule has 0 heterocycles. The first-order valence-electron chi connectivity index (χ1n) is 20.7. The summed E-state index contributed by atoms with van der Waals surface area (Å²) in [6.45, 7) is 4.81. The monoisotopic (exact) mass is 753 g/mol. The van der Waals surface area contributed by atoms with E-state index >= 15 is 0 Å². The Morgan fingerprint density at radius 3 is 1.17 bits per heavy atom. The van der Waals surface area contributed by atoms with Crippen molar-refractivity contribution in [2.75, 3.05) is 4.90 Å². The molecule has 0 N–H and O–H groups in total. The van der Waals surface area contributed by atoms with Crippen LogP contribution in [-0.2, 0) is 10.8 Å². The third-order valence-electron chi connectivity index (χ3n) is 13.2. The first-order valence-corrected chi connectivity index (χ1v) is 20.7. The van der Waals surface area contributed by atoms with E-state index in [2.05, 4.69) is 243 Å². The lowest BCUT2D eigenvalue weighted by atomic mass is 9.74. The predicted octanol–water partition coefficient (Wildman–Crippen LogP) is 15.2. The van der Waals surface area contributed by atoms with Crippen molar-refractivity contribution in [1.29, 1.82) is 0 Å². The van der Waals surface area contributed by atoms with Crippen LogP contribution in [0.25, 0.3) is 44.5 Å². The third kappa shape index (κ3) is 5.39. The van der Waals surface area contributed by atoms with E-state index in [0.717, 1.165) is 17.1 Å². The van der Waals surface area contributed by atoms with Gasteiger partial charge in [0.2, 0.25) is 0 Å². The first-order chi connectivity index (χ1) is 29.0. The molecule has 2 aliphatic rings. The van der Waals surface area contributed by atoms with Crippen LogP contribution >= 0.6 is 0 Å². The average Bonchev–Trinajstić information content (AvgIpc) is 3.73. The summed E-state index contributed by atoms with van der Waals surface area (Å²) in [6, 6.07) is 83.0. The van der Waals surface area contributed by atoms with Gasteiger partial charge in [0, 0.05) is 27.8 Å². The molecular weight excluding hydrogens is 711 g/mol. The van der Waals surface area contributed by atoms with Gasteiger partial charge in [-0.25, -0.2) is 0 Å². The zero-order chi connectivity index (χ0) is 39.6. The van der Waals surface area contributed by atoms with E-state index in [-0.39, 0.29) is 10.8 Å². The molecule has 0 saturated carbocycles. The van der Waals surface area contributed by atoms with Gasteiger partial charge in [0.15, 0.2) is 0 Å². The van der Waals surface area contributed by atoms with Crippen LogP contribution in [0.1, 0.15) is 47.2 Å². The second-order valence-corrected chi connectivity index (χ2v) is 16.3. The van der Waals surface area contributed by atoms with E-state index in [0.29, 0.717) is 0 Å². The first kappa shape index (κ1) is 35.0. The summed E-state index contributed by atoms with van der Waals surface area (Å²) in [5.41, 5.74) is 20.5. The Balaban J connectivity index is 1.20. The summed E-state index contributed by atoms with van der Waals surface area (Å²) in [7, 11) is 0. The molecule has 0 amide bonds. The van der Waals surface area contributed by atoms with Crippen molar-refractivity contribution < 1.29 is 0 Å². The lowest BCUT2D eigenvalue weighted by Gasteiger charge is -2.33. The molecule has 2 unspecified atom stereocenters. The smallest absolute Gasteiger partial charge is 0.0546 e. The van der Waals surface area contributed by atoms with Crippen molar-refractivity contribution in [2.24, 2.45) is 0 Å². The van der Waals surface area contributed by atoms with Gasteiger partial charge in [-0.2, -0.15) is 0 Å². The minimum atomic E-state index is -0.339. The molecule has 59 heavy (non-hydrogen) atoms. The zero-order valence-electron chi connectivity index (χ0n) is 33.3. The number of anilines is 3. The molecule has 1 heteroatoms. The van der Waals surface area contributed by atoms with Crippen molar-refractivity contribution in [3.63, 3.8) is 0 Å². The van der Waals surface area contributed by atoms with Crippen LogP contribution in [0.2, 0.25) is 0 Å². The maximum atomic E-state index is 2.53. The molecule has 280 valence electrons. The second kappa shape index (κ2) is 13.7. The molecule has 2 atom stereocenters. The molecule has 0 saturated heterocycles. The molecule has 0 radical (unpaired) electrons. The van der Waals surface area contributed by atoms with Crippen LogP contribution in [0, 0.1) is 0 Å². The van der Waals surface area contributed by atoms with Gasteiger partial charge in [-0.05, 0) is 117 Å². The van der Waals surface area contributed by atoms with Crippen molar-refractivity contribution in [1.82, 2.24) is 0 Å². The Morgan fingerprint density at radius 1 is 0.288 bits per heavy atom. The third-order valence-corrected chi connectivity index (χ3v) is 13.2. The van der Waals surface area contributed by atoms with E-state index < -0.39 is 0 Å². The fourth-order valence-electron chi connectivity index (χ4n) is 10.2. The molecule has 9 aromatic rings. The Bertz CT molecular complexity index is 2860. The molecule has 2 aliphatic carbocycles. The van der Waals surface area contributed by atoms with Crippen molar-refractivity contribution in [3.05, 3.63) is 258 Å². The summed E-state index contributed by atoms with van der Waals surface area (Å²) in [6.07, 6.45) is 0. The van der Waals surface area contributed by atoms with Crippen LogP contribution in [0.15, 0.2) is 224 Å². The van der Waals surface area contributed by atoms with Gasteiger partial charge < -0.3 is 4.90 Å². The van der Waals surface area contributed by atoms with E-state index in [1.165, 1.54) is 77.9 Å². The second-order valence-electron chi connectivity index (χ2n) is 16.3. The average molecular weight is 754 g/mol. The molecular formula is C58H43N. The highest BCUT2D eigenvalue weighted by molar-refractivity contribution is 5.94. The van der Waals surface area contributed by atoms with Crippen LogP contribution in [-0.4, -0.2) is 0 Å². The number of hydrogen-bond donors (Lipinski definition) is 0. The quantitative estimate of drug-likeness (QED) is 0.157. The van der Waals surface area contributed by atoms with E-state index in [1.807, 2.05) is 0 Å². The normalized spacial score (nSPS) is 17.1. The molecule has 0 bridgehead atoms. The van der Waals surface area contributed by atoms with Crippen molar-refractivity contribution in [3.8, 4) is 44.5 Å². The van der Waals surface area contributed by atoms with Gasteiger partial charge in [0.25, 0.3) is 0 Å². The predicted molar refractivity (Wildman–Crippen MR) is 247 cm³/mol. The van der Waals surface area contributed by atoms with Crippen LogP contribution in [0.3, 0.4) is 0 Å². The highest BCUT2D eigenvalue weighted by Crippen LogP contribution is 2.57. The topological polar surface area (TPSA) is 3.24 Å². The van der Waals surface area contributed by atoms with Gasteiger partial charge in [-0.1, -0.05) is 194 Å². The van der Waals surface area contributed by atoms with Gasteiger partial charge >= 0.3 is 0 Å². The van der Waals surface area contributed by atoms with Crippen LogP contribution in [0.4, 0.5) is 17.1 Å². The molecule has 9 aromatic carbocycles. The molecule has 0 aliphatic heterocycles. The Labute approximate surface area is 347 Å². The van der Waals surface area contributed by atoms with Gasteiger partial charge in [0.05, 0.1) is 5.69 Å². The molecule has 11 rings (SSSR count). The SMILES string of the molecule is CC1(c2ccccc2)c2ccccc2-c2ccc(N(c3ccc4c(c3)C(C)(c3ccccc3)c3ccccc3-4)c3cc(-c4ccccc4)ccc3-c3ccccc3)cc21. The van der Waals surface area contributed by atoms with Crippen molar-refractivity contribution >= 4 is 17.1 Å². The van der Waals surface area contributed by atoms with Gasteiger partial charge in [-0.3, -0.25) is 0 Å². The summed E-state index contributed by atoms with van der Waals surface area (Å²) in [5, 5.41) is 0. The minimum absolute atomic E-state index is 0.339. The maximum Gasteiger partial charge on any atom is 0.0546 e. The summed E-state index contributed by atoms with van der Waals surface area (Å²) in [5.74, 6) is 0. The fraction of sp³-hybridized carbons (Fsp3) is 0.0690. The Morgan fingerprint density at radius 2 is 0.678 bits per heavy atom. The largest absolute Gasteiger partial charge is 0.310 e. The highest BCUT2D eigenvalue weighted by Gasteiger charge is 2.43. The van der Waals surface area contributed by atoms with E-state index in [9.17, 15) is 0 Å². The van der Waals surface area contributed by atoms with Gasteiger partial charge in [-0.15, -0.1) is 0 Å². The Kier molecular flexibility index (Phi) is 8.13. The molecule has 0 aromatic heterocycles. The molecule has 0 spiro atoms. The van der Waals surface area contributed by atoms with E-state index in [1.54, 1.807) is 0 Å². The standard InChI is InChI=1S/C58H43N/c1-57(43-23-11-5-12-24-43)52-29-17-15-27-48(52)50-35-32-45(38-54(50)57)59(56-37-42(40-19-7-3-8-20-40)31-34-47(56)41-21-9-4-10-22-41)46-33-36-51-49-28-16-18-30-53(49)58(2,55(51)39-46)44-25-13-6-14-26-44/h3-39H,1-2H3. The number of benzene rings is 9. The minimum Gasteiger partial charge on any atom is -0.310 e. The lowest BCUT2D eigenvalue weighted by molar-refractivity contribution is 0.713. The summed E-state index contributed by atoms with van der Waals surface area (Å²) >= 11 is 0. The summed E-state index contributed by atoms with van der Waals surface area (Å²) < 4.78 is 0. The molecule has 0 fully saturated rings. The highest BCUT2D eigenvalue weighted by atomic mass is 15.1. The van der Waals surface area contributed by atoms with Crippen LogP contribution in [0.5, 0.6) is 0 Å². The fourth-order valence-corrected chi connectivity index (χ4v) is 10.2. The summed E-state index contributed by atoms with van der Waals surface area (Å²) in [4.78, 5) is 2.53. The molecule has 1 nitrogen and oxygen atoms in total. The van der Waals surface area contributed by atoms with Crippen LogP contribution < -0.4 is 4.90 Å². The Hall–Kier alpha value is -7.22. The van der Waals surface area contributed by atoms with Crippen molar-refractivity contribution in [2.45, 2.75) is 24.7 Å². The zero-order valence-corrected chi connectivity index (χ0v) is 33.3. The number of nitrogens with zero attached hydrogens (tertiary/aromatic N) is 1. The van der Waals surface area contributed by atoms with Gasteiger partial charge in [0.1, 0.15) is 0 Å². The van der Waals surface area contributed by atoms with E-state index in [4.69, 9.17) is 0 Å². The number of hydrogen-bond acceptors (Lipinski definition) is 1. The number of rotatable bonds is 7. The maximum absolute atomic E-state index is 2.53. The number of fused-ring (bicyclic) bond motifs is 6. The lowest BCUT2D eigenvalue weighted by Crippen LogP contribution is -2.23.